The fourth-order valence-electron chi connectivity index (χ4n) is 1.40. The van der Waals surface area contributed by atoms with Crippen LogP contribution in [0.5, 0.6) is 0 Å². The minimum atomic E-state index is -1.01. The Bertz CT molecular complexity index is 385. The lowest BCUT2D eigenvalue weighted by molar-refractivity contribution is 0.0490. The maximum Gasteiger partial charge on any atom is 0.123 e. The molecule has 1 aromatic rings. The molecular weight excluding hydrogens is 191 g/mol. The molecule has 0 amide bonds. The van der Waals surface area contributed by atoms with Crippen molar-refractivity contribution < 1.29 is 9.50 Å². The lowest BCUT2D eigenvalue weighted by atomic mass is 9.91. The van der Waals surface area contributed by atoms with E-state index >= 15 is 0 Å². The van der Waals surface area contributed by atoms with Crippen LogP contribution in [0.1, 0.15) is 32.3 Å². The molecule has 0 spiro atoms. The molecule has 15 heavy (non-hydrogen) atoms. The zero-order chi connectivity index (χ0) is 11.3. The Hall–Kier alpha value is -1.33. The Morgan fingerprint density at radius 2 is 2.20 bits per heavy atom. The molecule has 1 aromatic carbocycles. The van der Waals surface area contributed by atoms with Crippen molar-refractivity contribution in [1.29, 1.82) is 0 Å². The van der Waals surface area contributed by atoms with Crippen molar-refractivity contribution in [2.75, 3.05) is 0 Å². The predicted molar refractivity (Wildman–Crippen MR) is 58.7 cm³/mol. The summed E-state index contributed by atoms with van der Waals surface area (Å²) in [6.07, 6.45) is 1.12. The fourth-order valence-corrected chi connectivity index (χ4v) is 1.40. The topological polar surface area (TPSA) is 20.2 Å². The summed E-state index contributed by atoms with van der Waals surface area (Å²) in [7, 11) is 0. The summed E-state index contributed by atoms with van der Waals surface area (Å²) < 4.78 is 12.9. The summed E-state index contributed by atoms with van der Waals surface area (Å²) in [5.74, 6) is 5.33. The average molecular weight is 206 g/mol. The molecule has 1 atom stereocenters. The number of halogens is 1. The van der Waals surface area contributed by atoms with Gasteiger partial charge < -0.3 is 5.11 Å². The second-order valence-corrected chi connectivity index (χ2v) is 3.71. The SMILES string of the molecule is CC#CCCC(C)(O)c1cccc(F)c1. The Morgan fingerprint density at radius 1 is 1.47 bits per heavy atom. The molecule has 0 aromatic heterocycles. The van der Waals surface area contributed by atoms with E-state index in [1.165, 1.54) is 12.1 Å². The van der Waals surface area contributed by atoms with Gasteiger partial charge in [0.1, 0.15) is 5.82 Å². The lowest BCUT2D eigenvalue weighted by Crippen LogP contribution is -2.20. The molecule has 0 saturated heterocycles. The quantitative estimate of drug-likeness (QED) is 0.754. The number of hydrogen-bond donors (Lipinski definition) is 1. The zero-order valence-electron chi connectivity index (χ0n) is 9.05. The Labute approximate surface area is 89.9 Å². The van der Waals surface area contributed by atoms with Gasteiger partial charge in [0.15, 0.2) is 0 Å². The van der Waals surface area contributed by atoms with Crippen molar-refractivity contribution in [1.82, 2.24) is 0 Å². The monoisotopic (exact) mass is 206 g/mol. The maximum atomic E-state index is 12.9. The molecule has 0 heterocycles. The van der Waals surface area contributed by atoms with Gasteiger partial charge in [-0.05, 0) is 38.0 Å². The van der Waals surface area contributed by atoms with E-state index in [0.717, 1.165) is 0 Å². The van der Waals surface area contributed by atoms with Crippen molar-refractivity contribution in [2.45, 2.75) is 32.3 Å². The van der Waals surface area contributed by atoms with E-state index in [1.54, 1.807) is 26.0 Å². The molecule has 0 aliphatic rings. The first kappa shape index (κ1) is 11.7. The highest BCUT2D eigenvalue weighted by atomic mass is 19.1. The Balaban J connectivity index is 2.79. The summed E-state index contributed by atoms with van der Waals surface area (Å²) in [5.41, 5.74) is -0.410. The zero-order valence-corrected chi connectivity index (χ0v) is 9.05. The molecule has 0 aliphatic carbocycles. The average Bonchev–Trinajstić information content (AvgIpc) is 2.18. The fraction of sp³-hybridized carbons (Fsp3) is 0.385. The van der Waals surface area contributed by atoms with Crippen molar-refractivity contribution in [3.63, 3.8) is 0 Å². The van der Waals surface area contributed by atoms with Gasteiger partial charge >= 0.3 is 0 Å². The molecule has 1 rings (SSSR count). The molecule has 1 unspecified atom stereocenters. The minimum absolute atomic E-state index is 0.325. The van der Waals surface area contributed by atoms with Crippen LogP contribution in [0.4, 0.5) is 4.39 Å². The Morgan fingerprint density at radius 3 is 2.80 bits per heavy atom. The standard InChI is InChI=1S/C13H15FO/c1-3-4-5-9-13(2,15)11-7-6-8-12(14)10-11/h6-8,10,15H,5,9H2,1-2H3. The largest absolute Gasteiger partial charge is 0.385 e. The molecule has 0 bridgehead atoms. The molecular formula is C13H15FO. The van der Waals surface area contributed by atoms with Crippen LogP contribution in [0.3, 0.4) is 0 Å². The van der Waals surface area contributed by atoms with Gasteiger partial charge in [0, 0.05) is 6.42 Å². The van der Waals surface area contributed by atoms with Crippen LogP contribution in [-0.4, -0.2) is 5.11 Å². The molecule has 1 N–H and O–H groups in total. The second kappa shape index (κ2) is 4.95. The van der Waals surface area contributed by atoms with Gasteiger partial charge in [-0.15, -0.1) is 11.8 Å². The van der Waals surface area contributed by atoms with E-state index in [0.29, 0.717) is 18.4 Å². The molecule has 0 aliphatic heterocycles. The second-order valence-electron chi connectivity index (χ2n) is 3.71. The molecule has 0 fully saturated rings. The van der Waals surface area contributed by atoms with Crippen LogP contribution in [-0.2, 0) is 5.60 Å². The molecule has 0 saturated carbocycles. The van der Waals surface area contributed by atoms with Gasteiger partial charge in [0.05, 0.1) is 5.60 Å². The summed E-state index contributed by atoms with van der Waals surface area (Å²) in [4.78, 5) is 0. The molecule has 0 radical (unpaired) electrons. The third-order valence-corrected chi connectivity index (χ3v) is 2.36. The van der Waals surface area contributed by atoms with Crippen molar-refractivity contribution in [2.24, 2.45) is 0 Å². The predicted octanol–water partition coefficient (Wildman–Crippen LogP) is 2.84. The van der Waals surface area contributed by atoms with E-state index in [2.05, 4.69) is 11.8 Å². The number of aliphatic hydroxyl groups is 1. The van der Waals surface area contributed by atoms with Crippen LogP contribution in [0.15, 0.2) is 24.3 Å². The minimum Gasteiger partial charge on any atom is -0.385 e. The first-order chi connectivity index (χ1) is 7.06. The van der Waals surface area contributed by atoms with E-state index in [-0.39, 0.29) is 5.82 Å². The normalized spacial score (nSPS) is 13.9. The first-order valence-electron chi connectivity index (χ1n) is 4.94. The highest BCUT2D eigenvalue weighted by Gasteiger charge is 2.22. The van der Waals surface area contributed by atoms with Gasteiger partial charge in [0.2, 0.25) is 0 Å². The Kier molecular flexibility index (Phi) is 3.88. The number of benzene rings is 1. The van der Waals surface area contributed by atoms with Crippen LogP contribution in [0, 0.1) is 17.7 Å². The summed E-state index contributed by atoms with van der Waals surface area (Å²) in [6, 6.07) is 6.05. The van der Waals surface area contributed by atoms with E-state index in [9.17, 15) is 9.50 Å². The maximum absolute atomic E-state index is 12.9. The third kappa shape index (κ3) is 3.38. The van der Waals surface area contributed by atoms with Crippen LogP contribution < -0.4 is 0 Å². The first-order valence-corrected chi connectivity index (χ1v) is 4.94. The van der Waals surface area contributed by atoms with Crippen LogP contribution >= 0.6 is 0 Å². The van der Waals surface area contributed by atoms with Gasteiger partial charge in [-0.3, -0.25) is 0 Å². The lowest BCUT2D eigenvalue weighted by Gasteiger charge is -2.22. The van der Waals surface area contributed by atoms with Crippen LogP contribution in [0.2, 0.25) is 0 Å². The van der Waals surface area contributed by atoms with Gasteiger partial charge in [-0.2, -0.15) is 0 Å². The summed E-state index contributed by atoms with van der Waals surface area (Å²) in [6.45, 7) is 3.44. The van der Waals surface area contributed by atoms with Crippen molar-refractivity contribution in [3.05, 3.63) is 35.6 Å². The smallest absolute Gasteiger partial charge is 0.123 e. The van der Waals surface area contributed by atoms with E-state index < -0.39 is 5.60 Å². The molecule has 1 nitrogen and oxygen atoms in total. The van der Waals surface area contributed by atoms with Crippen molar-refractivity contribution >= 4 is 0 Å². The highest BCUT2D eigenvalue weighted by Crippen LogP contribution is 2.25. The number of rotatable bonds is 3. The highest BCUT2D eigenvalue weighted by molar-refractivity contribution is 5.22. The van der Waals surface area contributed by atoms with Gasteiger partial charge in [-0.1, -0.05) is 12.1 Å². The van der Waals surface area contributed by atoms with Crippen LogP contribution in [0.25, 0.3) is 0 Å². The molecule has 2 heteroatoms. The third-order valence-electron chi connectivity index (χ3n) is 2.36. The van der Waals surface area contributed by atoms with Crippen molar-refractivity contribution in [3.8, 4) is 11.8 Å². The van der Waals surface area contributed by atoms with Gasteiger partial charge in [0.25, 0.3) is 0 Å². The summed E-state index contributed by atoms with van der Waals surface area (Å²) >= 11 is 0. The molecule has 80 valence electrons. The summed E-state index contributed by atoms with van der Waals surface area (Å²) in [5, 5.41) is 10.1. The van der Waals surface area contributed by atoms with E-state index in [4.69, 9.17) is 0 Å². The number of hydrogen-bond acceptors (Lipinski definition) is 1. The van der Waals surface area contributed by atoms with Gasteiger partial charge in [-0.25, -0.2) is 4.39 Å². The van der Waals surface area contributed by atoms with E-state index in [1.807, 2.05) is 0 Å².